The van der Waals surface area contributed by atoms with E-state index in [4.69, 9.17) is 4.74 Å². The molecule has 174 valence electrons. The van der Waals surface area contributed by atoms with E-state index in [9.17, 15) is 0 Å². The summed E-state index contributed by atoms with van der Waals surface area (Å²) in [5.74, 6) is 4.16. The molecule has 36 heavy (non-hydrogen) atoms. The van der Waals surface area contributed by atoms with E-state index in [0.29, 0.717) is 6.67 Å². The number of para-hydroxylation sites is 1. The maximum atomic E-state index is 6.36. The zero-order valence-electron chi connectivity index (χ0n) is 19.6. The molecule has 4 heterocycles. The number of anilines is 3. The highest BCUT2D eigenvalue weighted by atomic mass is 16.5. The van der Waals surface area contributed by atoms with Gasteiger partial charge in [-0.05, 0) is 48.5 Å². The molecular weight excluding hydrogens is 448 g/mol. The summed E-state index contributed by atoms with van der Waals surface area (Å²) in [5, 5.41) is 2.28. The van der Waals surface area contributed by atoms with Gasteiger partial charge in [-0.2, -0.15) is 0 Å². The summed E-state index contributed by atoms with van der Waals surface area (Å²) in [4.78, 5) is 17.8. The number of hydrogen-bond donors (Lipinski definition) is 0. The zero-order chi connectivity index (χ0) is 24.1. The van der Waals surface area contributed by atoms with Crippen LogP contribution in [0, 0.1) is 0 Å². The molecule has 0 aliphatic carbocycles. The molecule has 0 saturated carbocycles. The summed E-state index contributed by atoms with van der Waals surface area (Å²) in [6, 6.07) is 28.7. The summed E-state index contributed by atoms with van der Waals surface area (Å²) in [5.41, 5.74) is 3.21. The van der Waals surface area contributed by atoms with E-state index in [1.54, 1.807) is 12.4 Å². The van der Waals surface area contributed by atoms with Crippen molar-refractivity contribution in [3.05, 3.63) is 104 Å². The molecule has 0 unspecified atom stereocenters. The van der Waals surface area contributed by atoms with Crippen LogP contribution in [0.3, 0.4) is 0 Å². The van der Waals surface area contributed by atoms with Crippen LogP contribution in [0.2, 0.25) is 0 Å². The van der Waals surface area contributed by atoms with Crippen LogP contribution in [0.1, 0.15) is 0 Å². The molecule has 7 nitrogen and oxygen atoms in total. The van der Waals surface area contributed by atoms with Crippen molar-refractivity contribution in [2.45, 2.75) is 0 Å². The third-order valence-corrected chi connectivity index (χ3v) is 6.52. The van der Waals surface area contributed by atoms with Gasteiger partial charge in [0.25, 0.3) is 0 Å². The van der Waals surface area contributed by atoms with Crippen LogP contribution in [-0.2, 0) is 0 Å². The molecule has 0 saturated heterocycles. The SMILES string of the molecule is CN1CN(c2cccc(Oc3ccc4c(c3)c3ccccc3n4-c3ccccn3)c2)c2nccnc21. The maximum absolute atomic E-state index is 6.36. The van der Waals surface area contributed by atoms with Gasteiger partial charge in [0.15, 0.2) is 11.6 Å². The van der Waals surface area contributed by atoms with Gasteiger partial charge in [0, 0.05) is 48.2 Å². The van der Waals surface area contributed by atoms with E-state index < -0.39 is 0 Å². The van der Waals surface area contributed by atoms with Crippen molar-refractivity contribution in [2.75, 3.05) is 23.5 Å². The first kappa shape index (κ1) is 20.5. The number of benzene rings is 3. The number of pyridine rings is 1. The highest BCUT2D eigenvalue weighted by Gasteiger charge is 2.27. The fourth-order valence-electron chi connectivity index (χ4n) is 4.93. The summed E-state index contributed by atoms with van der Waals surface area (Å²) in [6.07, 6.45) is 5.27. The number of ether oxygens (including phenoxy) is 1. The number of aromatic nitrogens is 4. The second kappa shape index (κ2) is 8.09. The minimum Gasteiger partial charge on any atom is -0.457 e. The Morgan fingerprint density at radius 3 is 2.36 bits per heavy atom. The van der Waals surface area contributed by atoms with Crippen molar-refractivity contribution in [1.29, 1.82) is 0 Å². The number of rotatable bonds is 4. The Bertz CT molecular complexity index is 1730. The van der Waals surface area contributed by atoms with Gasteiger partial charge >= 0.3 is 0 Å². The lowest BCUT2D eigenvalue weighted by Crippen LogP contribution is -2.24. The lowest BCUT2D eigenvalue weighted by atomic mass is 10.1. The Morgan fingerprint density at radius 1 is 0.667 bits per heavy atom. The predicted octanol–water partition coefficient (Wildman–Crippen LogP) is 6.31. The van der Waals surface area contributed by atoms with Crippen molar-refractivity contribution < 1.29 is 4.74 Å². The van der Waals surface area contributed by atoms with Crippen LogP contribution in [-0.4, -0.2) is 33.2 Å². The normalized spacial score (nSPS) is 12.9. The zero-order valence-corrected chi connectivity index (χ0v) is 19.6. The highest BCUT2D eigenvalue weighted by Crippen LogP contribution is 2.39. The first-order valence-electron chi connectivity index (χ1n) is 11.8. The Hall–Kier alpha value is -4.91. The molecule has 0 N–H and O–H groups in total. The number of fused-ring (bicyclic) bond motifs is 4. The van der Waals surface area contributed by atoms with E-state index in [1.807, 2.05) is 55.7 Å². The average molecular weight is 471 g/mol. The molecule has 0 fully saturated rings. The van der Waals surface area contributed by atoms with Gasteiger partial charge in [0.2, 0.25) is 0 Å². The van der Waals surface area contributed by atoms with Crippen LogP contribution in [0.5, 0.6) is 11.5 Å². The molecule has 1 aliphatic rings. The summed E-state index contributed by atoms with van der Waals surface area (Å²) >= 11 is 0. The predicted molar refractivity (Wildman–Crippen MR) is 143 cm³/mol. The molecule has 7 rings (SSSR count). The number of hydrogen-bond acceptors (Lipinski definition) is 6. The monoisotopic (exact) mass is 470 g/mol. The van der Waals surface area contributed by atoms with E-state index in [-0.39, 0.29) is 0 Å². The first-order valence-corrected chi connectivity index (χ1v) is 11.8. The topological polar surface area (TPSA) is 59.3 Å². The van der Waals surface area contributed by atoms with Gasteiger partial charge in [-0.15, -0.1) is 0 Å². The molecule has 0 bridgehead atoms. The fourth-order valence-corrected chi connectivity index (χ4v) is 4.93. The van der Waals surface area contributed by atoms with Crippen molar-refractivity contribution in [1.82, 2.24) is 19.5 Å². The van der Waals surface area contributed by atoms with Crippen molar-refractivity contribution in [2.24, 2.45) is 0 Å². The Kier molecular flexibility index (Phi) is 4.60. The smallest absolute Gasteiger partial charge is 0.178 e. The molecule has 7 heteroatoms. The standard InChI is InChI=1S/C29H22N6O/c1-33-19-34(29-28(33)31-15-16-32-29)20-7-6-8-21(17-20)36-22-12-13-26-24(18-22)23-9-2-3-10-25(23)35(26)27-11-4-5-14-30-27/h2-18H,19H2,1H3. The third-order valence-electron chi connectivity index (χ3n) is 6.52. The summed E-state index contributed by atoms with van der Waals surface area (Å²) < 4.78 is 8.56. The van der Waals surface area contributed by atoms with Crippen LogP contribution in [0.25, 0.3) is 27.6 Å². The minimum atomic E-state index is 0.682. The average Bonchev–Trinajstić information content (AvgIpc) is 3.44. The van der Waals surface area contributed by atoms with Crippen molar-refractivity contribution in [3.8, 4) is 17.3 Å². The fraction of sp³-hybridized carbons (Fsp3) is 0.0690. The van der Waals surface area contributed by atoms with Gasteiger partial charge < -0.3 is 14.5 Å². The van der Waals surface area contributed by atoms with Crippen molar-refractivity contribution >= 4 is 39.1 Å². The summed E-state index contributed by atoms with van der Waals surface area (Å²) in [7, 11) is 2.02. The van der Waals surface area contributed by atoms with E-state index >= 15 is 0 Å². The van der Waals surface area contributed by atoms with Crippen LogP contribution >= 0.6 is 0 Å². The molecule has 6 aromatic rings. The molecular formula is C29H22N6O. The molecule has 1 aliphatic heterocycles. The second-order valence-electron chi connectivity index (χ2n) is 8.79. The Labute approximate surface area is 207 Å². The van der Waals surface area contributed by atoms with Gasteiger partial charge in [-0.25, -0.2) is 15.0 Å². The van der Waals surface area contributed by atoms with Crippen LogP contribution in [0.15, 0.2) is 104 Å². The van der Waals surface area contributed by atoms with Crippen LogP contribution < -0.4 is 14.5 Å². The molecule has 3 aromatic carbocycles. The molecule has 3 aromatic heterocycles. The quantitative estimate of drug-likeness (QED) is 0.301. The lowest BCUT2D eigenvalue weighted by molar-refractivity contribution is 0.483. The third kappa shape index (κ3) is 3.25. The minimum absolute atomic E-state index is 0.682. The first-order chi connectivity index (χ1) is 17.8. The molecule has 0 atom stereocenters. The lowest BCUT2D eigenvalue weighted by Gasteiger charge is -2.19. The Morgan fingerprint density at radius 2 is 1.47 bits per heavy atom. The van der Waals surface area contributed by atoms with Crippen LogP contribution in [0.4, 0.5) is 17.3 Å². The van der Waals surface area contributed by atoms with Gasteiger partial charge in [0.1, 0.15) is 17.3 Å². The maximum Gasteiger partial charge on any atom is 0.178 e. The Balaban J connectivity index is 1.27. The highest BCUT2D eigenvalue weighted by molar-refractivity contribution is 6.09. The largest absolute Gasteiger partial charge is 0.457 e. The van der Waals surface area contributed by atoms with Gasteiger partial charge in [0.05, 0.1) is 17.7 Å². The van der Waals surface area contributed by atoms with E-state index in [0.717, 1.165) is 56.4 Å². The summed E-state index contributed by atoms with van der Waals surface area (Å²) in [6.45, 7) is 0.682. The van der Waals surface area contributed by atoms with Crippen molar-refractivity contribution in [3.63, 3.8) is 0 Å². The number of nitrogens with zero attached hydrogens (tertiary/aromatic N) is 6. The van der Waals surface area contributed by atoms with Gasteiger partial charge in [-0.1, -0.05) is 30.3 Å². The van der Waals surface area contributed by atoms with Gasteiger partial charge in [-0.3, -0.25) is 4.57 Å². The van der Waals surface area contributed by atoms with E-state index in [2.05, 4.69) is 71.8 Å². The molecule has 0 radical (unpaired) electrons. The molecule has 0 amide bonds. The van der Waals surface area contributed by atoms with E-state index in [1.165, 1.54) is 0 Å². The second-order valence-corrected chi connectivity index (χ2v) is 8.79. The molecule has 0 spiro atoms.